The largest absolute Gasteiger partial charge is 0.560 e. The molecule has 0 aliphatic heterocycles. The Hall–Kier alpha value is -1.69. The summed E-state index contributed by atoms with van der Waals surface area (Å²) in [5.74, 6) is 0. The molecule has 0 fully saturated rings. The number of fused-ring (bicyclic) bond motifs is 1. The zero-order valence-corrected chi connectivity index (χ0v) is 11.5. The van der Waals surface area contributed by atoms with Gasteiger partial charge in [0.05, 0.1) is 9.77 Å². The lowest BCUT2D eigenvalue weighted by atomic mass is 10.1. The summed E-state index contributed by atoms with van der Waals surface area (Å²) in [5, 5.41) is 8.07. The van der Waals surface area contributed by atoms with Crippen molar-refractivity contribution < 1.29 is 8.42 Å². The molecule has 0 radical (unpaired) electrons. The van der Waals surface area contributed by atoms with Gasteiger partial charge in [0.15, 0.2) is 0 Å². The molecule has 0 saturated carbocycles. The number of thiophene rings is 1. The first-order chi connectivity index (χ1) is 9.07. The highest BCUT2D eigenvalue weighted by Gasteiger charge is 2.17. The Balaban J connectivity index is 2.43. The van der Waals surface area contributed by atoms with Crippen molar-refractivity contribution in [3.63, 3.8) is 0 Å². The summed E-state index contributed by atoms with van der Waals surface area (Å²) in [4.78, 5) is 0.746. The first-order valence-corrected chi connectivity index (χ1v) is 7.94. The molecule has 0 unspecified atom stereocenters. The topological polar surface area (TPSA) is 57.9 Å². The molecule has 5 heteroatoms. The molecule has 3 aromatic rings. The van der Waals surface area contributed by atoms with Crippen LogP contribution in [-0.2, 0) is 10.0 Å². The van der Waals surface area contributed by atoms with Crippen molar-refractivity contribution in [1.29, 1.82) is 0 Å². The van der Waals surface area contributed by atoms with E-state index in [-0.39, 0.29) is 4.90 Å². The van der Waals surface area contributed by atoms with E-state index in [1.165, 1.54) is 11.3 Å². The average molecular weight is 288 g/mol. The van der Waals surface area contributed by atoms with E-state index in [1.54, 1.807) is 12.1 Å². The van der Waals surface area contributed by atoms with Crippen LogP contribution in [0, 0.1) is 0 Å². The van der Waals surface area contributed by atoms with Gasteiger partial charge in [-0.2, -0.15) is 0 Å². The minimum absolute atomic E-state index is 0.110. The minimum atomic E-state index is -4.00. The molecule has 0 bridgehead atoms. The maximum Gasteiger partial charge on any atom is 0.101 e. The third kappa shape index (κ3) is 2.16. The Morgan fingerprint density at radius 1 is 0.895 bits per heavy atom. The molecule has 1 heterocycles. The SMILES string of the molecule is [NH-]S(=O)(=O)c1c(-c2ccccc2)sc2ccccc12. The maximum atomic E-state index is 11.8. The molecule has 0 amide bonds. The van der Waals surface area contributed by atoms with Crippen molar-refractivity contribution in [3.05, 3.63) is 59.7 Å². The molecule has 96 valence electrons. The van der Waals surface area contributed by atoms with Gasteiger partial charge in [0.1, 0.15) is 10.0 Å². The van der Waals surface area contributed by atoms with E-state index in [0.29, 0.717) is 10.3 Å². The first-order valence-electron chi connectivity index (χ1n) is 5.64. The standard InChI is InChI=1S/C14H10NO2S2/c15-19(16,17)14-11-8-4-5-9-12(11)18-13(14)10-6-2-1-3-7-10/h1-9H,(H-,15,16,17)/q-1. The number of hydrogen-bond acceptors (Lipinski definition) is 3. The number of sulfonamides is 1. The predicted octanol–water partition coefficient (Wildman–Crippen LogP) is 4.31. The van der Waals surface area contributed by atoms with Gasteiger partial charge in [-0.05, 0) is 11.6 Å². The molecule has 3 nitrogen and oxygen atoms in total. The van der Waals surface area contributed by atoms with Crippen LogP contribution in [0.3, 0.4) is 0 Å². The number of nitrogens with one attached hydrogen (secondary N) is 1. The van der Waals surface area contributed by atoms with Crippen molar-refractivity contribution in [3.8, 4) is 10.4 Å². The Morgan fingerprint density at radius 3 is 2.21 bits per heavy atom. The molecule has 2 aromatic carbocycles. The quantitative estimate of drug-likeness (QED) is 0.705. The van der Waals surface area contributed by atoms with Crippen LogP contribution in [0.2, 0.25) is 0 Å². The fourth-order valence-electron chi connectivity index (χ4n) is 2.07. The van der Waals surface area contributed by atoms with Crippen LogP contribution in [0.4, 0.5) is 0 Å². The molecule has 1 N–H and O–H groups in total. The first kappa shape index (κ1) is 12.3. The van der Waals surface area contributed by atoms with Gasteiger partial charge in [0, 0.05) is 10.1 Å². The number of benzene rings is 2. The van der Waals surface area contributed by atoms with Crippen LogP contribution in [-0.4, -0.2) is 8.42 Å². The van der Waals surface area contributed by atoms with E-state index in [2.05, 4.69) is 0 Å². The third-order valence-electron chi connectivity index (χ3n) is 2.85. The van der Waals surface area contributed by atoms with Crippen molar-refractivity contribution in [1.82, 2.24) is 0 Å². The van der Waals surface area contributed by atoms with E-state index < -0.39 is 10.0 Å². The lowest BCUT2D eigenvalue weighted by molar-refractivity contribution is 0.606. The lowest BCUT2D eigenvalue weighted by Crippen LogP contribution is -1.93. The molecule has 3 rings (SSSR count). The summed E-state index contributed by atoms with van der Waals surface area (Å²) in [5.41, 5.74) is 0.828. The monoisotopic (exact) mass is 288 g/mol. The molecular formula is C14H10NO2S2-. The minimum Gasteiger partial charge on any atom is -0.560 e. The van der Waals surface area contributed by atoms with Crippen molar-refractivity contribution >= 4 is 31.4 Å². The third-order valence-corrected chi connectivity index (χ3v) is 5.17. The van der Waals surface area contributed by atoms with E-state index in [1.807, 2.05) is 42.5 Å². The number of hydrogen-bond donors (Lipinski definition) is 0. The van der Waals surface area contributed by atoms with Crippen molar-refractivity contribution in [2.45, 2.75) is 4.90 Å². The summed E-state index contributed by atoms with van der Waals surface area (Å²) in [7, 11) is -4.00. The highest BCUT2D eigenvalue weighted by Crippen LogP contribution is 2.41. The molecule has 1 aromatic heterocycles. The van der Waals surface area contributed by atoms with E-state index in [0.717, 1.165) is 10.3 Å². The van der Waals surface area contributed by atoms with Crippen molar-refractivity contribution in [2.24, 2.45) is 0 Å². The summed E-state index contributed by atoms with van der Waals surface area (Å²) < 4.78 is 24.4. The second kappa shape index (κ2) is 4.45. The summed E-state index contributed by atoms with van der Waals surface area (Å²) in [6.45, 7) is 0. The second-order valence-electron chi connectivity index (χ2n) is 4.13. The second-order valence-corrected chi connectivity index (χ2v) is 6.59. The number of rotatable bonds is 2. The Labute approximate surface area is 115 Å². The van der Waals surface area contributed by atoms with Gasteiger partial charge in [0.25, 0.3) is 0 Å². The Kier molecular flexibility index (Phi) is 2.89. The smallest absolute Gasteiger partial charge is 0.101 e. The molecule has 0 aliphatic rings. The lowest BCUT2D eigenvalue weighted by Gasteiger charge is -2.07. The highest BCUT2D eigenvalue weighted by atomic mass is 32.2. The van der Waals surface area contributed by atoms with Crippen LogP contribution in [0.25, 0.3) is 25.7 Å². The predicted molar refractivity (Wildman–Crippen MR) is 78.8 cm³/mol. The van der Waals surface area contributed by atoms with Crippen LogP contribution in [0.15, 0.2) is 59.5 Å². The van der Waals surface area contributed by atoms with Crippen LogP contribution in [0.5, 0.6) is 0 Å². The van der Waals surface area contributed by atoms with Crippen LogP contribution < -0.4 is 0 Å². The molecular weight excluding hydrogens is 278 g/mol. The van der Waals surface area contributed by atoms with Gasteiger partial charge in [-0.3, -0.25) is 0 Å². The maximum absolute atomic E-state index is 11.8. The van der Waals surface area contributed by atoms with Gasteiger partial charge in [0.2, 0.25) is 0 Å². The molecule has 0 saturated heterocycles. The van der Waals surface area contributed by atoms with Gasteiger partial charge >= 0.3 is 0 Å². The molecule has 0 aliphatic carbocycles. The Morgan fingerprint density at radius 2 is 1.53 bits per heavy atom. The van der Waals surface area contributed by atoms with Crippen LogP contribution in [0.1, 0.15) is 0 Å². The fraction of sp³-hybridized carbons (Fsp3) is 0. The van der Waals surface area contributed by atoms with Crippen LogP contribution >= 0.6 is 11.3 Å². The van der Waals surface area contributed by atoms with E-state index in [4.69, 9.17) is 5.14 Å². The molecule has 19 heavy (non-hydrogen) atoms. The van der Waals surface area contributed by atoms with Crippen molar-refractivity contribution in [2.75, 3.05) is 0 Å². The van der Waals surface area contributed by atoms with E-state index in [9.17, 15) is 8.42 Å². The average Bonchev–Trinajstić information content (AvgIpc) is 2.79. The van der Waals surface area contributed by atoms with Gasteiger partial charge < -0.3 is 5.14 Å². The van der Waals surface area contributed by atoms with E-state index >= 15 is 0 Å². The fourth-order valence-corrected chi connectivity index (χ4v) is 4.52. The Bertz CT molecular complexity index is 836. The summed E-state index contributed by atoms with van der Waals surface area (Å²) in [6, 6.07) is 16.6. The zero-order valence-electron chi connectivity index (χ0n) is 9.83. The zero-order chi connectivity index (χ0) is 13.5. The van der Waals surface area contributed by atoms with Gasteiger partial charge in [-0.1, -0.05) is 48.5 Å². The highest BCUT2D eigenvalue weighted by molar-refractivity contribution is 7.93. The van der Waals surface area contributed by atoms with Gasteiger partial charge in [-0.25, -0.2) is 8.42 Å². The molecule has 0 atom stereocenters. The summed E-state index contributed by atoms with van der Waals surface area (Å²) in [6.07, 6.45) is 0. The summed E-state index contributed by atoms with van der Waals surface area (Å²) >= 11 is 1.40. The van der Waals surface area contributed by atoms with Gasteiger partial charge in [-0.15, -0.1) is 11.3 Å². The molecule has 0 spiro atoms. The normalized spacial score (nSPS) is 11.8.